The molecule has 0 heterocycles. The van der Waals surface area contributed by atoms with Gasteiger partial charge in [0.25, 0.3) is 0 Å². The van der Waals surface area contributed by atoms with Gasteiger partial charge in [-0.3, -0.25) is 4.79 Å². The van der Waals surface area contributed by atoms with E-state index in [1.807, 2.05) is 0 Å². The lowest BCUT2D eigenvalue weighted by molar-refractivity contribution is -0.147. The lowest BCUT2D eigenvalue weighted by Gasteiger charge is -2.56. The summed E-state index contributed by atoms with van der Waals surface area (Å²) in [4.78, 5) is 12.9. The van der Waals surface area contributed by atoms with Crippen LogP contribution < -0.4 is 5.73 Å². The van der Waals surface area contributed by atoms with Gasteiger partial charge in [0.1, 0.15) is 5.78 Å². The summed E-state index contributed by atoms with van der Waals surface area (Å²) in [6.45, 7) is 6.97. The number of Topliss-reactive ketones (excluding diaryl/α,β-unsaturated/α-hetero) is 1. The molecule has 2 N–H and O–H groups in total. The van der Waals surface area contributed by atoms with Gasteiger partial charge in [0, 0.05) is 11.3 Å². The third-order valence-corrected chi connectivity index (χ3v) is 6.02. The van der Waals surface area contributed by atoms with E-state index in [4.69, 9.17) is 5.73 Å². The maximum Gasteiger partial charge on any atom is 0.142 e. The standard InChI is InChI=1S/C17H28NO/c1-11(10-18)3-12(2)16(19)17-7-13-4-14(8-17)6-15(5-13)9-17/h11-15H,2-10,18H2,1H3. The molecule has 4 aliphatic rings. The zero-order valence-corrected chi connectivity index (χ0v) is 12.2. The van der Waals surface area contributed by atoms with E-state index in [1.54, 1.807) is 0 Å². The molecule has 4 aliphatic carbocycles. The zero-order chi connectivity index (χ0) is 13.6. The Morgan fingerprint density at radius 2 is 1.68 bits per heavy atom. The molecule has 2 nitrogen and oxygen atoms in total. The number of carbonyl (C=O) groups excluding carboxylic acids is 1. The van der Waals surface area contributed by atoms with Crippen molar-refractivity contribution in [2.24, 2.45) is 40.7 Å². The van der Waals surface area contributed by atoms with E-state index in [-0.39, 0.29) is 11.3 Å². The Hall–Kier alpha value is -0.370. The van der Waals surface area contributed by atoms with Crippen molar-refractivity contribution in [2.45, 2.75) is 51.9 Å². The van der Waals surface area contributed by atoms with E-state index in [2.05, 4.69) is 13.8 Å². The molecule has 0 aromatic carbocycles. The molecular formula is C17H28NO. The third kappa shape index (κ3) is 2.37. The Kier molecular flexibility index (Phi) is 3.49. The second kappa shape index (κ2) is 4.87. The van der Waals surface area contributed by atoms with Crippen LogP contribution in [0.3, 0.4) is 0 Å². The van der Waals surface area contributed by atoms with Crippen LogP contribution in [0.1, 0.15) is 51.9 Å². The first-order valence-corrected chi connectivity index (χ1v) is 8.10. The largest absolute Gasteiger partial charge is 0.330 e. The Morgan fingerprint density at radius 1 is 1.21 bits per heavy atom. The number of ketones is 1. The summed E-state index contributed by atoms with van der Waals surface area (Å²) in [5.74, 6) is 3.39. The fraction of sp³-hybridized carbons (Fsp3) is 0.882. The van der Waals surface area contributed by atoms with Gasteiger partial charge in [-0.25, -0.2) is 0 Å². The maximum absolute atomic E-state index is 12.9. The predicted octanol–water partition coefficient (Wildman–Crippen LogP) is 3.21. The summed E-state index contributed by atoms with van der Waals surface area (Å²) in [5, 5.41) is 0. The molecule has 4 saturated carbocycles. The second-order valence-electron chi connectivity index (χ2n) is 7.84. The smallest absolute Gasteiger partial charge is 0.142 e. The molecule has 4 bridgehead atoms. The molecule has 19 heavy (non-hydrogen) atoms. The van der Waals surface area contributed by atoms with Gasteiger partial charge >= 0.3 is 0 Å². The Morgan fingerprint density at radius 3 is 2.11 bits per heavy atom. The maximum atomic E-state index is 12.9. The first kappa shape index (κ1) is 13.6. The minimum atomic E-state index is -0.0326. The number of hydrogen-bond donors (Lipinski definition) is 1. The quantitative estimate of drug-likeness (QED) is 0.826. The summed E-state index contributed by atoms with van der Waals surface area (Å²) >= 11 is 0. The van der Waals surface area contributed by atoms with Gasteiger partial charge in [-0.15, -0.1) is 0 Å². The number of hydrogen-bond acceptors (Lipinski definition) is 2. The van der Waals surface area contributed by atoms with Crippen molar-refractivity contribution < 1.29 is 4.79 Å². The molecular weight excluding hydrogens is 234 g/mol. The van der Waals surface area contributed by atoms with Gasteiger partial charge in [0.2, 0.25) is 0 Å². The van der Waals surface area contributed by atoms with E-state index in [9.17, 15) is 4.79 Å². The van der Waals surface area contributed by atoms with Crippen LogP contribution in [0.25, 0.3) is 0 Å². The normalized spacial score (nSPS) is 43.2. The molecule has 4 rings (SSSR count). The number of carbonyl (C=O) groups is 1. The second-order valence-corrected chi connectivity index (χ2v) is 7.84. The molecule has 2 unspecified atom stereocenters. The van der Waals surface area contributed by atoms with Crippen LogP contribution in [0.4, 0.5) is 0 Å². The predicted molar refractivity (Wildman–Crippen MR) is 77.3 cm³/mol. The van der Waals surface area contributed by atoms with E-state index < -0.39 is 0 Å². The minimum absolute atomic E-state index is 0.0233. The van der Waals surface area contributed by atoms with Crippen LogP contribution in [0, 0.1) is 41.9 Å². The molecule has 1 radical (unpaired) electrons. The van der Waals surface area contributed by atoms with Crippen molar-refractivity contribution >= 4 is 5.78 Å². The van der Waals surface area contributed by atoms with E-state index in [1.165, 1.54) is 38.5 Å². The summed E-state index contributed by atoms with van der Waals surface area (Å²) in [6, 6.07) is 0. The summed E-state index contributed by atoms with van der Waals surface area (Å²) in [6.07, 6.45) is 8.56. The molecule has 4 fully saturated rings. The fourth-order valence-corrected chi connectivity index (χ4v) is 5.53. The van der Waals surface area contributed by atoms with Crippen LogP contribution in [-0.4, -0.2) is 12.3 Å². The molecule has 0 saturated heterocycles. The van der Waals surface area contributed by atoms with Gasteiger partial charge in [-0.1, -0.05) is 6.92 Å². The van der Waals surface area contributed by atoms with Gasteiger partial charge in [-0.05, 0) is 82.1 Å². The average Bonchev–Trinajstić information content (AvgIpc) is 2.36. The van der Waals surface area contributed by atoms with Crippen LogP contribution >= 0.6 is 0 Å². The highest BCUT2D eigenvalue weighted by atomic mass is 16.1. The molecule has 2 heteroatoms. The Balaban J connectivity index is 1.72. The van der Waals surface area contributed by atoms with E-state index >= 15 is 0 Å². The highest BCUT2D eigenvalue weighted by molar-refractivity contribution is 5.88. The first-order chi connectivity index (χ1) is 9.02. The van der Waals surface area contributed by atoms with Crippen LogP contribution in [0.5, 0.6) is 0 Å². The van der Waals surface area contributed by atoms with Gasteiger partial charge in [0.15, 0.2) is 0 Å². The minimum Gasteiger partial charge on any atom is -0.330 e. The first-order valence-electron chi connectivity index (χ1n) is 8.10. The molecule has 0 aliphatic heterocycles. The molecule has 0 aromatic heterocycles. The highest BCUT2D eigenvalue weighted by Crippen LogP contribution is 2.61. The van der Waals surface area contributed by atoms with Gasteiger partial charge < -0.3 is 5.73 Å². The van der Waals surface area contributed by atoms with Crippen molar-refractivity contribution in [1.82, 2.24) is 0 Å². The van der Waals surface area contributed by atoms with Crippen molar-refractivity contribution in [3.63, 3.8) is 0 Å². The van der Waals surface area contributed by atoms with Crippen molar-refractivity contribution in [3.8, 4) is 0 Å². The van der Waals surface area contributed by atoms with Crippen LogP contribution in [0.15, 0.2) is 0 Å². The summed E-state index contributed by atoms with van der Waals surface area (Å²) in [5.41, 5.74) is 5.71. The fourth-order valence-electron chi connectivity index (χ4n) is 5.53. The Labute approximate surface area is 117 Å². The molecule has 0 spiro atoms. The van der Waals surface area contributed by atoms with Crippen molar-refractivity contribution in [3.05, 3.63) is 6.92 Å². The summed E-state index contributed by atoms with van der Waals surface area (Å²) < 4.78 is 0. The van der Waals surface area contributed by atoms with Crippen molar-refractivity contribution in [1.29, 1.82) is 0 Å². The van der Waals surface area contributed by atoms with Gasteiger partial charge in [-0.2, -0.15) is 0 Å². The average molecular weight is 262 g/mol. The topological polar surface area (TPSA) is 43.1 Å². The van der Waals surface area contributed by atoms with Crippen LogP contribution in [-0.2, 0) is 4.79 Å². The van der Waals surface area contributed by atoms with Crippen molar-refractivity contribution in [2.75, 3.05) is 6.54 Å². The highest BCUT2D eigenvalue weighted by Gasteiger charge is 2.54. The zero-order valence-electron chi connectivity index (χ0n) is 12.2. The third-order valence-electron chi connectivity index (χ3n) is 6.02. The monoisotopic (exact) mass is 262 g/mol. The lowest BCUT2D eigenvalue weighted by atomic mass is 9.47. The molecule has 0 aromatic rings. The molecule has 2 atom stereocenters. The number of nitrogens with two attached hydrogens (primary N) is 1. The number of rotatable bonds is 5. The van der Waals surface area contributed by atoms with E-state index in [0.717, 1.165) is 24.2 Å². The Bertz CT molecular complexity index is 327. The van der Waals surface area contributed by atoms with Crippen LogP contribution in [0.2, 0.25) is 0 Å². The summed E-state index contributed by atoms with van der Waals surface area (Å²) in [7, 11) is 0. The molecule has 0 amide bonds. The van der Waals surface area contributed by atoms with Gasteiger partial charge in [0.05, 0.1) is 0 Å². The van der Waals surface area contributed by atoms with E-state index in [0.29, 0.717) is 18.2 Å². The SMILES string of the molecule is [CH2]C(CC(C)CN)C(=O)C12CC3CC(CC(C3)C1)C2. The lowest BCUT2D eigenvalue weighted by Crippen LogP contribution is -2.51. The molecule has 107 valence electrons.